The Labute approximate surface area is 121 Å². The first kappa shape index (κ1) is 16.3. The molecule has 4 nitrogen and oxygen atoms in total. The van der Waals surface area contributed by atoms with Crippen molar-refractivity contribution in [1.82, 2.24) is 0 Å². The van der Waals surface area contributed by atoms with E-state index in [1.54, 1.807) is 13.8 Å². The molecule has 0 radical (unpaired) electrons. The molecule has 110 valence electrons. The van der Waals surface area contributed by atoms with E-state index in [1.807, 2.05) is 0 Å². The number of hydrogen-bond donors (Lipinski definition) is 1. The summed E-state index contributed by atoms with van der Waals surface area (Å²) in [7, 11) is 0. The third kappa shape index (κ3) is 4.44. The van der Waals surface area contributed by atoms with Crippen LogP contribution in [0.5, 0.6) is 0 Å². The van der Waals surface area contributed by atoms with Gasteiger partial charge in [0, 0.05) is 0 Å². The van der Waals surface area contributed by atoms with E-state index < -0.39 is 11.6 Å². The van der Waals surface area contributed by atoms with Crippen LogP contribution in [0.1, 0.15) is 47.0 Å². The predicted molar refractivity (Wildman–Crippen MR) is 83.6 cm³/mol. The number of hydrogen-bond acceptors (Lipinski definition) is 3. The minimum Gasteiger partial charge on any atom is -0.478 e. The van der Waals surface area contributed by atoms with Crippen molar-refractivity contribution in [3.63, 3.8) is 0 Å². The number of nitrogens with zero attached hydrogens (tertiary/aromatic N) is 2. The molecular formula is C16H24N2O2. The van der Waals surface area contributed by atoms with Crippen molar-refractivity contribution in [3.8, 4) is 0 Å². The molecule has 0 fully saturated rings. The second kappa shape index (κ2) is 7.17. The van der Waals surface area contributed by atoms with E-state index in [9.17, 15) is 4.79 Å². The molecule has 0 aromatic rings. The zero-order valence-corrected chi connectivity index (χ0v) is 12.8. The van der Waals surface area contributed by atoms with E-state index in [2.05, 4.69) is 41.2 Å². The normalized spacial score (nSPS) is 19.4. The zero-order valence-electron chi connectivity index (χ0n) is 12.8. The second-order valence-corrected chi connectivity index (χ2v) is 5.30. The van der Waals surface area contributed by atoms with Crippen LogP contribution in [0.15, 0.2) is 34.3 Å². The minimum atomic E-state index is -1.27. The van der Waals surface area contributed by atoms with Crippen molar-refractivity contribution in [2.24, 2.45) is 15.9 Å². The lowest BCUT2D eigenvalue weighted by atomic mass is 10.0. The van der Waals surface area contributed by atoms with Gasteiger partial charge in [0.25, 0.3) is 0 Å². The maximum Gasteiger partial charge on any atom is 0.354 e. The molecule has 0 amide bonds. The number of carboxylic acid groups (broad SMARTS) is 1. The Morgan fingerprint density at radius 2 is 1.75 bits per heavy atom. The van der Waals surface area contributed by atoms with Gasteiger partial charge in [0.2, 0.25) is 5.66 Å². The van der Waals surface area contributed by atoms with Crippen LogP contribution in [0.4, 0.5) is 0 Å². The molecule has 0 spiro atoms. The van der Waals surface area contributed by atoms with E-state index in [0.717, 1.165) is 5.92 Å². The summed E-state index contributed by atoms with van der Waals surface area (Å²) in [5.41, 5.74) is 0.138. The lowest BCUT2D eigenvalue weighted by Gasteiger charge is -2.09. The standard InChI is InChI=1S/C9H14.C7H10N2O2/c1-2-3-6-9-7-4-5-8-9;1-4-5(2)9-7(3,8-4)6(10)11/h4-5,7-9H,2-3,6H2,1H3;1-3H3,(H,10,11). The molecule has 0 bridgehead atoms. The zero-order chi connectivity index (χ0) is 15.2. The van der Waals surface area contributed by atoms with E-state index in [1.165, 1.54) is 26.2 Å². The summed E-state index contributed by atoms with van der Waals surface area (Å²) in [6, 6.07) is 0. The SMILES string of the molecule is CC1=NC(C)(C(=O)O)N=C1C.CCCCC1C=CC=C1. The molecule has 0 unspecified atom stereocenters. The fourth-order valence-corrected chi connectivity index (χ4v) is 2.05. The molecule has 1 heterocycles. The first-order valence-electron chi connectivity index (χ1n) is 7.10. The van der Waals surface area contributed by atoms with Gasteiger partial charge < -0.3 is 5.11 Å². The number of carbonyl (C=O) groups is 1. The first-order valence-corrected chi connectivity index (χ1v) is 7.10. The second-order valence-electron chi connectivity index (χ2n) is 5.30. The Morgan fingerprint density at radius 3 is 2.10 bits per heavy atom. The van der Waals surface area contributed by atoms with Crippen molar-refractivity contribution >= 4 is 17.4 Å². The molecule has 0 aromatic carbocycles. The van der Waals surface area contributed by atoms with Crippen molar-refractivity contribution < 1.29 is 9.90 Å². The van der Waals surface area contributed by atoms with Gasteiger partial charge in [-0.25, -0.2) is 14.8 Å². The quantitative estimate of drug-likeness (QED) is 0.852. The molecule has 1 aliphatic carbocycles. The van der Waals surface area contributed by atoms with Crippen molar-refractivity contribution in [2.45, 2.75) is 52.6 Å². The van der Waals surface area contributed by atoms with Gasteiger partial charge in [-0.2, -0.15) is 0 Å². The molecule has 2 rings (SSSR count). The highest BCUT2D eigenvalue weighted by atomic mass is 16.4. The topological polar surface area (TPSA) is 62.0 Å². The molecule has 4 heteroatoms. The van der Waals surface area contributed by atoms with Crippen LogP contribution < -0.4 is 0 Å². The van der Waals surface area contributed by atoms with Crippen LogP contribution in [-0.2, 0) is 4.79 Å². The van der Waals surface area contributed by atoms with Crippen molar-refractivity contribution in [1.29, 1.82) is 0 Å². The van der Waals surface area contributed by atoms with E-state index in [-0.39, 0.29) is 0 Å². The molecular weight excluding hydrogens is 252 g/mol. The fourth-order valence-electron chi connectivity index (χ4n) is 2.05. The number of allylic oxidation sites excluding steroid dienone is 4. The Bertz CT molecular complexity index is 443. The van der Waals surface area contributed by atoms with Crippen LogP contribution in [0.25, 0.3) is 0 Å². The highest BCUT2D eigenvalue weighted by Crippen LogP contribution is 2.19. The monoisotopic (exact) mass is 276 g/mol. The van der Waals surface area contributed by atoms with Crippen LogP contribution in [0.2, 0.25) is 0 Å². The van der Waals surface area contributed by atoms with Crippen LogP contribution in [0, 0.1) is 5.92 Å². The average molecular weight is 276 g/mol. The highest BCUT2D eigenvalue weighted by Gasteiger charge is 2.35. The number of unbranched alkanes of at least 4 members (excludes halogenated alkanes) is 1. The highest BCUT2D eigenvalue weighted by molar-refractivity contribution is 6.42. The summed E-state index contributed by atoms with van der Waals surface area (Å²) in [5, 5.41) is 8.69. The Balaban J connectivity index is 0.000000204. The maximum absolute atomic E-state index is 10.6. The summed E-state index contributed by atoms with van der Waals surface area (Å²) in [6.07, 6.45) is 12.8. The lowest BCUT2D eigenvalue weighted by molar-refractivity contribution is -0.142. The molecule has 1 aliphatic heterocycles. The molecule has 1 N–H and O–H groups in total. The summed E-state index contributed by atoms with van der Waals surface area (Å²) in [6.45, 7) is 7.23. The molecule has 0 aromatic heterocycles. The maximum atomic E-state index is 10.6. The Morgan fingerprint density at radius 1 is 1.25 bits per heavy atom. The number of rotatable bonds is 4. The summed E-state index contributed by atoms with van der Waals surface area (Å²) in [5.74, 6) is -0.251. The van der Waals surface area contributed by atoms with Gasteiger partial charge in [-0.3, -0.25) is 0 Å². The third-order valence-corrected chi connectivity index (χ3v) is 3.42. The van der Waals surface area contributed by atoms with E-state index in [0.29, 0.717) is 11.4 Å². The van der Waals surface area contributed by atoms with Crippen LogP contribution >= 0.6 is 0 Å². The molecule has 2 aliphatic rings. The number of carboxylic acids is 1. The first-order chi connectivity index (χ1) is 9.39. The molecule has 0 saturated carbocycles. The van der Waals surface area contributed by atoms with Crippen LogP contribution in [0.3, 0.4) is 0 Å². The van der Waals surface area contributed by atoms with Crippen LogP contribution in [-0.4, -0.2) is 28.2 Å². The summed E-state index contributed by atoms with van der Waals surface area (Å²) < 4.78 is 0. The van der Waals surface area contributed by atoms with Gasteiger partial charge in [-0.05, 0) is 33.1 Å². The summed E-state index contributed by atoms with van der Waals surface area (Å²) in [4.78, 5) is 18.4. The predicted octanol–water partition coefficient (Wildman–Crippen LogP) is 3.64. The number of aliphatic imine (C=N–C) groups is 2. The van der Waals surface area contributed by atoms with E-state index in [4.69, 9.17) is 5.11 Å². The Hall–Kier alpha value is -1.71. The third-order valence-electron chi connectivity index (χ3n) is 3.42. The molecule has 0 saturated heterocycles. The summed E-state index contributed by atoms with van der Waals surface area (Å²) >= 11 is 0. The minimum absolute atomic E-state index is 0.704. The van der Waals surface area contributed by atoms with Gasteiger partial charge in [0.05, 0.1) is 11.4 Å². The van der Waals surface area contributed by atoms with Gasteiger partial charge in [0.15, 0.2) is 0 Å². The lowest BCUT2D eigenvalue weighted by Crippen LogP contribution is -2.28. The molecule has 0 atom stereocenters. The molecule has 20 heavy (non-hydrogen) atoms. The van der Waals surface area contributed by atoms with Crippen molar-refractivity contribution in [3.05, 3.63) is 24.3 Å². The average Bonchev–Trinajstić information content (AvgIpc) is 2.97. The van der Waals surface area contributed by atoms with Crippen molar-refractivity contribution in [2.75, 3.05) is 0 Å². The van der Waals surface area contributed by atoms with Gasteiger partial charge in [0.1, 0.15) is 0 Å². The van der Waals surface area contributed by atoms with E-state index >= 15 is 0 Å². The smallest absolute Gasteiger partial charge is 0.354 e. The van der Waals surface area contributed by atoms with Gasteiger partial charge in [-0.1, -0.05) is 44.1 Å². The Kier molecular flexibility index (Phi) is 5.86. The van der Waals surface area contributed by atoms with Gasteiger partial charge in [-0.15, -0.1) is 0 Å². The largest absolute Gasteiger partial charge is 0.478 e. The fraction of sp³-hybridized carbons (Fsp3) is 0.562. The van der Waals surface area contributed by atoms with Gasteiger partial charge >= 0.3 is 5.97 Å². The number of aliphatic carboxylic acids is 1.